The van der Waals surface area contributed by atoms with Crippen molar-refractivity contribution in [1.82, 2.24) is 19.2 Å². The van der Waals surface area contributed by atoms with E-state index < -0.39 is 0 Å². The van der Waals surface area contributed by atoms with Crippen molar-refractivity contribution in [3.63, 3.8) is 0 Å². The molecule has 1 atom stereocenters. The summed E-state index contributed by atoms with van der Waals surface area (Å²) < 4.78 is 4.13. The van der Waals surface area contributed by atoms with E-state index in [0.717, 1.165) is 37.3 Å². The first-order chi connectivity index (χ1) is 10.7. The number of hydrogen-bond donors (Lipinski definition) is 0. The van der Waals surface area contributed by atoms with Crippen molar-refractivity contribution < 1.29 is 4.79 Å². The molecule has 0 spiro atoms. The van der Waals surface area contributed by atoms with Gasteiger partial charge in [-0.15, -0.1) is 0 Å². The van der Waals surface area contributed by atoms with Crippen molar-refractivity contribution in [2.24, 2.45) is 0 Å². The third-order valence-corrected chi connectivity index (χ3v) is 5.10. The Balaban J connectivity index is 1.69. The van der Waals surface area contributed by atoms with Crippen molar-refractivity contribution in [3.05, 3.63) is 34.7 Å². The van der Waals surface area contributed by atoms with E-state index in [9.17, 15) is 4.79 Å². The molecule has 2 aliphatic rings. The molecule has 0 aliphatic carbocycles. The van der Waals surface area contributed by atoms with Crippen LogP contribution in [0.5, 0.6) is 0 Å². The number of aromatic nitrogens is 3. The molecule has 2 aromatic rings. The van der Waals surface area contributed by atoms with Crippen molar-refractivity contribution in [2.45, 2.75) is 32.4 Å². The summed E-state index contributed by atoms with van der Waals surface area (Å²) in [6.07, 6.45) is 4.09. The highest BCUT2D eigenvalue weighted by Crippen LogP contribution is 2.31. The summed E-state index contributed by atoms with van der Waals surface area (Å²) in [5.74, 6) is 1.68. The number of fused-ring (bicyclic) bond motifs is 3. The van der Waals surface area contributed by atoms with Crippen LogP contribution in [0, 0.1) is 6.92 Å². The van der Waals surface area contributed by atoms with Crippen LogP contribution in [0.2, 0.25) is 0 Å². The van der Waals surface area contributed by atoms with E-state index in [0.29, 0.717) is 23.4 Å². The molecule has 7 heteroatoms. The van der Waals surface area contributed by atoms with Crippen LogP contribution in [0.15, 0.2) is 18.3 Å². The maximum atomic E-state index is 12.8. The number of hydrogen-bond acceptors (Lipinski definition) is 6. The van der Waals surface area contributed by atoms with Gasteiger partial charge >= 0.3 is 0 Å². The van der Waals surface area contributed by atoms with Gasteiger partial charge in [0.15, 0.2) is 0 Å². The maximum Gasteiger partial charge on any atom is 0.284 e. The van der Waals surface area contributed by atoms with Gasteiger partial charge in [-0.2, -0.15) is 4.37 Å². The molecular weight excluding hydrogens is 298 g/mol. The van der Waals surface area contributed by atoms with Crippen LogP contribution in [-0.4, -0.2) is 44.3 Å². The molecule has 1 saturated heterocycles. The highest BCUT2D eigenvalue weighted by molar-refractivity contribution is 7.07. The molecule has 22 heavy (non-hydrogen) atoms. The Bertz CT molecular complexity index is 715. The van der Waals surface area contributed by atoms with Crippen LogP contribution in [0.3, 0.4) is 0 Å². The van der Waals surface area contributed by atoms with Gasteiger partial charge in [-0.25, -0.2) is 9.97 Å². The highest BCUT2D eigenvalue weighted by Gasteiger charge is 2.34. The standard InChI is InChI=1S/C15H17N5OS/c1-10-17-14(22-18-10)15(21)19-8-11-4-2-6-16-13(11)20-7-3-5-12(20)9-19/h2,4,6,12H,3,5,7-9H2,1H3/t12-/m1/s1. The van der Waals surface area contributed by atoms with Gasteiger partial charge in [-0.05, 0) is 37.4 Å². The Kier molecular flexibility index (Phi) is 3.29. The number of rotatable bonds is 1. The summed E-state index contributed by atoms with van der Waals surface area (Å²) in [4.78, 5) is 25.8. The highest BCUT2D eigenvalue weighted by atomic mass is 32.1. The zero-order chi connectivity index (χ0) is 15.1. The summed E-state index contributed by atoms with van der Waals surface area (Å²) in [5.41, 5.74) is 1.11. The molecule has 1 amide bonds. The largest absolute Gasteiger partial charge is 0.352 e. The number of carbonyl (C=O) groups is 1. The first-order valence-corrected chi connectivity index (χ1v) is 8.30. The lowest BCUT2D eigenvalue weighted by Crippen LogP contribution is -2.40. The van der Waals surface area contributed by atoms with Crippen molar-refractivity contribution in [3.8, 4) is 0 Å². The van der Waals surface area contributed by atoms with Crippen LogP contribution in [0.4, 0.5) is 5.82 Å². The van der Waals surface area contributed by atoms with Gasteiger partial charge in [0.25, 0.3) is 5.91 Å². The van der Waals surface area contributed by atoms with Crippen molar-refractivity contribution in [1.29, 1.82) is 0 Å². The number of anilines is 1. The number of aryl methyl sites for hydroxylation is 1. The Hall–Kier alpha value is -2.02. The molecule has 114 valence electrons. The number of pyridine rings is 1. The molecular formula is C15H17N5OS. The monoisotopic (exact) mass is 315 g/mol. The third kappa shape index (κ3) is 2.25. The maximum absolute atomic E-state index is 12.8. The SMILES string of the molecule is Cc1nsc(C(=O)N2Cc3cccnc3N3CCC[C@@H]3C2)n1. The molecule has 0 unspecified atom stereocenters. The van der Waals surface area contributed by atoms with Gasteiger partial charge < -0.3 is 9.80 Å². The Morgan fingerprint density at radius 3 is 3.18 bits per heavy atom. The number of amides is 1. The van der Waals surface area contributed by atoms with Crippen LogP contribution >= 0.6 is 11.5 Å². The first kappa shape index (κ1) is 13.6. The fourth-order valence-electron chi connectivity index (χ4n) is 3.32. The van der Waals surface area contributed by atoms with Crippen molar-refractivity contribution >= 4 is 23.3 Å². The lowest BCUT2D eigenvalue weighted by Gasteiger charge is -2.26. The number of nitrogens with zero attached hydrogens (tertiary/aromatic N) is 5. The fourth-order valence-corrected chi connectivity index (χ4v) is 3.95. The summed E-state index contributed by atoms with van der Waals surface area (Å²) >= 11 is 1.18. The van der Waals surface area contributed by atoms with E-state index in [1.165, 1.54) is 11.5 Å². The minimum absolute atomic E-state index is 0.0193. The second kappa shape index (κ2) is 5.31. The second-order valence-electron chi connectivity index (χ2n) is 5.81. The predicted octanol–water partition coefficient (Wildman–Crippen LogP) is 1.87. The van der Waals surface area contributed by atoms with Gasteiger partial charge in [-0.1, -0.05) is 6.07 Å². The molecule has 0 saturated carbocycles. The van der Waals surface area contributed by atoms with E-state index in [-0.39, 0.29) is 5.91 Å². The van der Waals surface area contributed by atoms with Gasteiger partial charge in [0.1, 0.15) is 11.6 Å². The lowest BCUT2D eigenvalue weighted by atomic mass is 10.2. The molecule has 0 radical (unpaired) electrons. The normalized spacial score (nSPS) is 20.5. The molecule has 0 aromatic carbocycles. The molecule has 4 heterocycles. The summed E-state index contributed by atoms with van der Waals surface area (Å²) in [5, 5.41) is 0.481. The molecule has 2 aromatic heterocycles. The average Bonchev–Trinajstić information content (AvgIpc) is 3.12. The molecule has 0 bridgehead atoms. The zero-order valence-electron chi connectivity index (χ0n) is 12.4. The Labute approximate surface area is 133 Å². The first-order valence-electron chi connectivity index (χ1n) is 7.52. The van der Waals surface area contributed by atoms with E-state index in [4.69, 9.17) is 0 Å². The summed E-state index contributed by atoms with van der Waals surface area (Å²) in [6.45, 7) is 4.16. The second-order valence-corrected chi connectivity index (χ2v) is 6.56. The fraction of sp³-hybridized carbons (Fsp3) is 0.467. The molecule has 1 fully saturated rings. The summed E-state index contributed by atoms with van der Waals surface area (Å²) in [6, 6.07) is 4.36. The molecule has 2 aliphatic heterocycles. The predicted molar refractivity (Wildman–Crippen MR) is 84.0 cm³/mol. The van der Waals surface area contributed by atoms with Crippen LogP contribution < -0.4 is 4.90 Å². The Morgan fingerprint density at radius 1 is 1.45 bits per heavy atom. The lowest BCUT2D eigenvalue weighted by molar-refractivity contribution is 0.0737. The molecule has 0 N–H and O–H groups in total. The summed E-state index contributed by atoms with van der Waals surface area (Å²) in [7, 11) is 0. The zero-order valence-corrected chi connectivity index (χ0v) is 13.2. The quantitative estimate of drug-likeness (QED) is 0.804. The van der Waals surface area contributed by atoms with Crippen LogP contribution in [0.1, 0.15) is 34.0 Å². The van der Waals surface area contributed by atoms with E-state index in [1.807, 2.05) is 24.1 Å². The smallest absolute Gasteiger partial charge is 0.284 e. The van der Waals surface area contributed by atoms with Crippen LogP contribution in [-0.2, 0) is 6.54 Å². The number of carbonyl (C=O) groups excluding carboxylic acids is 1. The third-order valence-electron chi connectivity index (χ3n) is 4.31. The topological polar surface area (TPSA) is 62.2 Å². The molecule has 4 rings (SSSR count). The minimum Gasteiger partial charge on any atom is -0.352 e. The van der Waals surface area contributed by atoms with E-state index in [2.05, 4.69) is 25.3 Å². The van der Waals surface area contributed by atoms with Crippen molar-refractivity contribution in [2.75, 3.05) is 18.0 Å². The average molecular weight is 315 g/mol. The van der Waals surface area contributed by atoms with Gasteiger partial charge in [0.2, 0.25) is 5.01 Å². The van der Waals surface area contributed by atoms with E-state index >= 15 is 0 Å². The minimum atomic E-state index is -0.0193. The van der Waals surface area contributed by atoms with Crippen LogP contribution in [0.25, 0.3) is 0 Å². The molecule has 6 nitrogen and oxygen atoms in total. The van der Waals surface area contributed by atoms with Gasteiger partial charge in [0, 0.05) is 37.4 Å². The van der Waals surface area contributed by atoms with Gasteiger partial charge in [-0.3, -0.25) is 4.79 Å². The van der Waals surface area contributed by atoms with Gasteiger partial charge in [0.05, 0.1) is 0 Å². The van der Waals surface area contributed by atoms with E-state index in [1.54, 1.807) is 0 Å². The Morgan fingerprint density at radius 2 is 2.36 bits per heavy atom.